The average molecular weight is 232 g/mol. The van der Waals surface area contributed by atoms with Gasteiger partial charge in [0.25, 0.3) is 0 Å². The molecule has 1 saturated carbocycles. The Bertz CT molecular complexity index is 432. The summed E-state index contributed by atoms with van der Waals surface area (Å²) in [5.74, 6) is -0.754. The number of hydrogen-bond acceptors (Lipinski definition) is 1. The molecule has 0 amide bonds. The van der Waals surface area contributed by atoms with Crippen LogP contribution in [0.15, 0.2) is 18.2 Å². The van der Waals surface area contributed by atoms with E-state index in [0.717, 1.165) is 12.1 Å². The molecular weight excluding hydrogens is 224 g/mol. The molecule has 86 valence electrons. The minimum absolute atomic E-state index is 0.241. The van der Waals surface area contributed by atoms with Gasteiger partial charge in [0.05, 0.1) is 11.0 Å². The van der Waals surface area contributed by atoms with Crippen LogP contribution in [-0.4, -0.2) is 6.29 Å². The van der Waals surface area contributed by atoms with E-state index in [2.05, 4.69) is 0 Å². The molecule has 16 heavy (non-hydrogen) atoms. The van der Waals surface area contributed by atoms with Crippen LogP contribution in [0, 0.1) is 5.82 Å². The third-order valence-electron chi connectivity index (χ3n) is 2.84. The van der Waals surface area contributed by atoms with Gasteiger partial charge in [0.1, 0.15) is 12.1 Å². The molecule has 2 rings (SSSR count). The summed E-state index contributed by atoms with van der Waals surface area (Å²) in [4.78, 5) is 10.8. The predicted octanol–water partition coefficient (Wildman–Crippen LogP) is 3.08. The van der Waals surface area contributed by atoms with E-state index < -0.39 is 23.0 Å². The van der Waals surface area contributed by atoms with E-state index in [4.69, 9.17) is 0 Å². The lowest BCUT2D eigenvalue weighted by Crippen LogP contribution is -2.17. The Morgan fingerprint density at radius 2 is 1.88 bits per heavy atom. The second-order valence-corrected chi connectivity index (χ2v) is 3.96. The van der Waals surface area contributed by atoms with Crippen molar-refractivity contribution in [1.82, 2.24) is 0 Å². The molecule has 1 aliphatic carbocycles. The number of carbonyl (C=O) groups excluding carboxylic acids is 1. The normalized spacial score (nSPS) is 18.2. The Morgan fingerprint density at radius 3 is 2.31 bits per heavy atom. The molecule has 0 radical (unpaired) electrons. The summed E-state index contributed by atoms with van der Waals surface area (Å²) in [6.45, 7) is 0. The van der Waals surface area contributed by atoms with E-state index in [1.165, 1.54) is 0 Å². The molecule has 1 aromatic rings. The highest BCUT2D eigenvalue weighted by molar-refractivity contribution is 5.74. The van der Waals surface area contributed by atoms with E-state index in [9.17, 15) is 22.4 Å². The Kier molecular flexibility index (Phi) is 2.29. The molecule has 1 aromatic carbocycles. The van der Waals surface area contributed by atoms with Crippen molar-refractivity contribution < 1.29 is 22.4 Å². The molecule has 0 saturated heterocycles. The van der Waals surface area contributed by atoms with Crippen molar-refractivity contribution in [1.29, 1.82) is 0 Å². The third-order valence-corrected chi connectivity index (χ3v) is 2.84. The number of halogens is 4. The summed E-state index contributed by atoms with van der Waals surface area (Å²) < 4.78 is 50.9. The molecule has 0 bridgehead atoms. The second kappa shape index (κ2) is 3.30. The molecule has 0 spiro atoms. The van der Waals surface area contributed by atoms with Gasteiger partial charge < -0.3 is 4.79 Å². The summed E-state index contributed by atoms with van der Waals surface area (Å²) in [5.41, 5.74) is -2.28. The summed E-state index contributed by atoms with van der Waals surface area (Å²) in [6.07, 6.45) is -3.37. The van der Waals surface area contributed by atoms with Crippen LogP contribution >= 0.6 is 0 Å². The fourth-order valence-electron chi connectivity index (χ4n) is 1.76. The van der Waals surface area contributed by atoms with Gasteiger partial charge in [0.2, 0.25) is 0 Å². The maximum Gasteiger partial charge on any atom is 0.416 e. The lowest BCUT2D eigenvalue weighted by Gasteiger charge is -2.16. The molecule has 5 heteroatoms. The van der Waals surface area contributed by atoms with Gasteiger partial charge in [-0.15, -0.1) is 0 Å². The van der Waals surface area contributed by atoms with Crippen LogP contribution in [0.3, 0.4) is 0 Å². The standard InChI is InChI=1S/C11H8F4O/c12-7-1-2-8(11(13,14)15)9(5-7)10(6-16)3-4-10/h1-2,5-6H,3-4H2. The smallest absolute Gasteiger partial charge is 0.302 e. The minimum atomic E-state index is -4.55. The number of benzene rings is 1. The maximum absolute atomic E-state index is 12.9. The first-order chi connectivity index (χ1) is 7.39. The van der Waals surface area contributed by atoms with E-state index >= 15 is 0 Å². The van der Waals surface area contributed by atoms with Gasteiger partial charge in [0, 0.05) is 0 Å². The summed E-state index contributed by atoms with van der Waals surface area (Å²) in [6, 6.07) is 2.26. The molecule has 1 aliphatic rings. The van der Waals surface area contributed by atoms with Crippen molar-refractivity contribution >= 4 is 6.29 Å². The highest BCUT2D eigenvalue weighted by Gasteiger charge is 2.49. The van der Waals surface area contributed by atoms with Crippen LogP contribution in [0.25, 0.3) is 0 Å². The topological polar surface area (TPSA) is 17.1 Å². The van der Waals surface area contributed by atoms with Gasteiger partial charge in [0.15, 0.2) is 0 Å². The molecule has 1 fully saturated rings. The zero-order valence-electron chi connectivity index (χ0n) is 8.14. The quantitative estimate of drug-likeness (QED) is 0.565. The van der Waals surface area contributed by atoms with Crippen LogP contribution in [0.4, 0.5) is 17.6 Å². The molecular formula is C11H8F4O. The number of aldehydes is 1. The van der Waals surface area contributed by atoms with E-state index in [1.54, 1.807) is 0 Å². The SMILES string of the molecule is O=CC1(c2cc(F)ccc2C(F)(F)F)CC1. The average Bonchev–Trinajstić information content (AvgIpc) is 2.96. The first-order valence-electron chi connectivity index (χ1n) is 4.73. The van der Waals surface area contributed by atoms with Crippen molar-refractivity contribution in [2.75, 3.05) is 0 Å². The zero-order valence-corrected chi connectivity index (χ0v) is 8.14. The predicted molar refractivity (Wildman–Crippen MR) is 48.4 cm³/mol. The van der Waals surface area contributed by atoms with E-state index in [-0.39, 0.29) is 5.56 Å². The van der Waals surface area contributed by atoms with Crippen molar-refractivity contribution in [2.45, 2.75) is 24.4 Å². The molecule has 0 heterocycles. The summed E-state index contributed by atoms with van der Waals surface area (Å²) in [7, 11) is 0. The number of rotatable bonds is 2. The van der Waals surface area contributed by atoms with Gasteiger partial charge in [-0.05, 0) is 36.6 Å². The number of alkyl halides is 3. The van der Waals surface area contributed by atoms with Crippen molar-refractivity contribution in [3.05, 3.63) is 35.1 Å². The minimum Gasteiger partial charge on any atom is -0.302 e. The van der Waals surface area contributed by atoms with Crippen LogP contribution in [0.1, 0.15) is 24.0 Å². The van der Waals surface area contributed by atoms with Gasteiger partial charge in [-0.25, -0.2) is 4.39 Å². The third kappa shape index (κ3) is 1.70. The molecule has 1 nitrogen and oxygen atoms in total. The number of hydrogen-bond donors (Lipinski definition) is 0. The van der Waals surface area contributed by atoms with Crippen LogP contribution < -0.4 is 0 Å². The first kappa shape index (κ1) is 11.1. The Hall–Kier alpha value is -1.39. The van der Waals surface area contributed by atoms with Gasteiger partial charge in [-0.3, -0.25) is 0 Å². The Morgan fingerprint density at radius 1 is 1.25 bits per heavy atom. The van der Waals surface area contributed by atoms with Crippen molar-refractivity contribution in [3.63, 3.8) is 0 Å². The summed E-state index contributed by atoms with van der Waals surface area (Å²) >= 11 is 0. The molecule has 0 aliphatic heterocycles. The van der Waals surface area contributed by atoms with E-state index in [0.29, 0.717) is 25.2 Å². The fourth-order valence-corrected chi connectivity index (χ4v) is 1.76. The zero-order chi connectivity index (χ0) is 12.0. The molecule has 0 aromatic heterocycles. The molecule has 0 N–H and O–H groups in total. The van der Waals surface area contributed by atoms with Crippen LogP contribution in [0.2, 0.25) is 0 Å². The Balaban J connectivity index is 2.58. The number of carbonyl (C=O) groups is 1. The van der Waals surface area contributed by atoms with Gasteiger partial charge in [-0.2, -0.15) is 13.2 Å². The largest absolute Gasteiger partial charge is 0.416 e. The second-order valence-electron chi connectivity index (χ2n) is 3.96. The fraction of sp³-hybridized carbons (Fsp3) is 0.364. The van der Waals surface area contributed by atoms with E-state index in [1.807, 2.05) is 0 Å². The Labute approximate surface area is 89.1 Å². The molecule has 0 unspecified atom stereocenters. The lowest BCUT2D eigenvalue weighted by molar-refractivity contribution is -0.138. The van der Waals surface area contributed by atoms with Crippen LogP contribution in [0.5, 0.6) is 0 Å². The summed E-state index contributed by atoms with van der Waals surface area (Å²) in [5, 5.41) is 0. The van der Waals surface area contributed by atoms with Crippen LogP contribution in [-0.2, 0) is 16.4 Å². The highest BCUT2D eigenvalue weighted by Crippen LogP contribution is 2.50. The highest BCUT2D eigenvalue weighted by atomic mass is 19.4. The van der Waals surface area contributed by atoms with Gasteiger partial charge in [-0.1, -0.05) is 0 Å². The van der Waals surface area contributed by atoms with Gasteiger partial charge >= 0.3 is 6.18 Å². The lowest BCUT2D eigenvalue weighted by atomic mass is 9.92. The van der Waals surface area contributed by atoms with Crippen molar-refractivity contribution in [2.24, 2.45) is 0 Å². The maximum atomic E-state index is 12.9. The molecule has 0 atom stereocenters. The van der Waals surface area contributed by atoms with Crippen molar-refractivity contribution in [3.8, 4) is 0 Å². The first-order valence-corrected chi connectivity index (χ1v) is 4.73. The monoisotopic (exact) mass is 232 g/mol.